The van der Waals surface area contributed by atoms with Crippen LogP contribution >= 0.6 is 23.2 Å². The molecule has 0 aliphatic rings. The second-order valence-electron chi connectivity index (χ2n) is 4.89. The second kappa shape index (κ2) is 5.96. The average Bonchev–Trinajstić information content (AvgIpc) is 2.38. The summed E-state index contributed by atoms with van der Waals surface area (Å²) in [6.45, 7) is 4.28. The lowest BCUT2D eigenvalue weighted by Crippen LogP contribution is -2.01. The molecule has 0 fully saturated rings. The summed E-state index contributed by atoms with van der Waals surface area (Å²) in [5.74, 6) is 0.477. The Bertz CT molecular complexity index is 561. The first-order valence-electron chi connectivity index (χ1n) is 6.22. The molecule has 0 heterocycles. The van der Waals surface area contributed by atoms with Crippen LogP contribution in [-0.2, 0) is 0 Å². The standard InChI is InChI=1S/C16H16Cl2O/c1-10(2)11-3-5-12(6-4-11)16(19)14-8-7-13(17)9-15(14)18/h3-10,16,19H,1-2H3/t16-/m1/s1. The van der Waals surface area contributed by atoms with Crippen molar-refractivity contribution in [1.82, 2.24) is 0 Å². The van der Waals surface area contributed by atoms with E-state index >= 15 is 0 Å². The highest BCUT2D eigenvalue weighted by Crippen LogP contribution is 2.30. The molecule has 0 bridgehead atoms. The van der Waals surface area contributed by atoms with Crippen molar-refractivity contribution in [3.63, 3.8) is 0 Å². The van der Waals surface area contributed by atoms with Crippen LogP contribution in [0, 0.1) is 0 Å². The molecule has 0 unspecified atom stereocenters. The third-order valence-corrected chi connectivity index (χ3v) is 3.74. The highest BCUT2D eigenvalue weighted by atomic mass is 35.5. The topological polar surface area (TPSA) is 20.2 Å². The Balaban J connectivity index is 2.30. The maximum absolute atomic E-state index is 10.4. The number of hydrogen-bond donors (Lipinski definition) is 1. The van der Waals surface area contributed by atoms with Crippen molar-refractivity contribution in [1.29, 1.82) is 0 Å². The Kier molecular flexibility index (Phi) is 4.51. The molecule has 1 nitrogen and oxygen atoms in total. The van der Waals surface area contributed by atoms with E-state index in [1.54, 1.807) is 18.2 Å². The molecular formula is C16H16Cl2O. The zero-order valence-electron chi connectivity index (χ0n) is 10.9. The smallest absolute Gasteiger partial charge is 0.105 e. The number of aliphatic hydroxyl groups is 1. The number of hydrogen-bond acceptors (Lipinski definition) is 1. The van der Waals surface area contributed by atoms with Gasteiger partial charge in [0.05, 0.1) is 0 Å². The molecule has 0 spiro atoms. The number of benzene rings is 2. The molecule has 0 amide bonds. The van der Waals surface area contributed by atoms with Gasteiger partial charge in [-0.15, -0.1) is 0 Å². The summed E-state index contributed by atoms with van der Waals surface area (Å²) in [5, 5.41) is 11.4. The maximum Gasteiger partial charge on any atom is 0.105 e. The first-order chi connectivity index (χ1) is 8.99. The summed E-state index contributed by atoms with van der Waals surface area (Å²) in [4.78, 5) is 0. The third-order valence-electron chi connectivity index (χ3n) is 3.18. The zero-order chi connectivity index (χ0) is 14.0. The van der Waals surface area contributed by atoms with Crippen LogP contribution in [0.1, 0.15) is 42.6 Å². The Morgan fingerprint density at radius 1 is 0.895 bits per heavy atom. The van der Waals surface area contributed by atoms with Crippen LogP contribution in [0.15, 0.2) is 42.5 Å². The van der Waals surface area contributed by atoms with Gasteiger partial charge in [-0.05, 0) is 29.2 Å². The fourth-order valence-corrected chi connectivity index (χ4v) is 2.48. The third kappa shape index (κ3) is 3.30. The molecule has 0 saturated heterocycles. The predicted molar refractivity (Wildman–Crippen MR) is 81.1 cm³/mol. The zero-order valence-corrected chi connectivity index (χ0v) is 12.4. The van der Waals surface area contributed by atoms with E-state index in [0.29, 0.717) is 21.5 Å². The van der Waals surface area contributed by atoms with E-state index < -0.39 is 6.10 Å². The van der Waals surface area contributed by atoms with Gasteiger partial charge in [0.1, 0.15) is 6.10 Å². The van der Waals surface area contributed by atoms with E-state index in [4.69, 9.17) is 23.2 Å². The van der Waals surface area contributed by atoms with Gasteiger partial charge >= 0.3 is 0 Å². The summed E-state index contributed by atoms with van der Waals surface area (Å²) >= 11 is 12.0. The van der Waals surface area contributed by atoms with E-state index in [0.717, 1.165) is 5.56 Å². The fourth-order valence-electron chi connectivity index (χ4n) is 1.97. The normalized spacial score (nSPS) is 12.7. The summed E-state index contributed by atoms with van der Waals surface area (Å²) in [6.07, 6.45) is -0.731. The van der Waals surface area contributed by atoms with Crippen LogP contribution in [0.5, 0.6) is 0 Å². The summed E-state index contributed by atoms with van der Waals surface area (Å²) < 4.78 is 0. The van der Waals surface area contributed by atoms with Crippen LogP contribution in [0.2, 0.25) is 10.0 Å². The van der Waals surface area contributed by atoms with Gasteiger partial charge in [0, 0.05) is 15.6 Å². The van der Waals surface area contributed by atoms with Gasteiger partial charge < -0.3 is 5.11 Å². The van der Waals surface area contributed by atoms with E-state index in [2.05, 4.69) is 13.8 Å². The maximum atomic E-state index is 10.4. The molecular weight excluding hydrogens is 279 g/mol. The lowest BCUT2D eigenvalue weighted by molar-refractivity contribution is 0.220. The van der Waals surface area contributed by atoms with Crippen LogP contribution in [-0.4, -0.2) is 5.11 Å². The van der Waals surface area contributed by atoms with Crippen molar-refractivity contribution in [2.24, 2.45) is 0 Å². The molecule has 0 radical (unpaired) electrons. The van der Waals surface area contributed by atoms with Crippen LogP contribution in [0.3, 0.4) is 0 Å². The van der Waals surface area contributed by atoms with Crippen LogP contribution < -0.4 is 0 Å². The van der Waals surface area contributed by atoms with E-state index in [1.165, 1.54) is 5.56 Å². The van der Waals surface area contributed by atoms with Gasteiger partial charge in [0.15, 0.2) is 0 Å². The highest BCUT2D eigenvalue weighted by molar-refractivity contribution is 6.35. The monoisotopic (exact) mass is 294 g/mol. The van der Waals surface area contributed by atoms with Gasteiger partial charge in [-0.3, -0.25) is 0 Å². The van der Waals surface area contributed by atoms with E-state index in [-0.39, 0.29) is 0 Å². The van der Waals surface area contributed by atoms with Gasteiger partial charge in [-0.1, -0.05) is 67.4 Å². The van der Waals surface area contributed by atoms with Crippen LogP contribution in [0.25, 0.3) is 0 Å². The summed E-state index contributed by atoms with van der Waals surface area (Å²) in [6, 6.07) is 13.1. The molecule has 2 rings (SSSR count). The van der Waals surface area contributed by atoms with Gasteiger partial charge in [0.2, 0.25) is 0 Å². The minimum Gasteiger partial charge on any atom is -0.384 e. The molecule has 0 aliphatic heterocycles. The molecule has 0 saturated carbocycles. The number of halogens is 2. The minimum absolute atomic E-state index is 0.477. The lowest BCUT2D eigenvalue weighted by Gasteiger charge is -2.14. The van der Waals surface area contributed by atoms with E-state index in [9.17, 15) is 5.11 Å². The second-order valence-corrected chi connectivity index (χ2v) is 5.73. The van der Waals surface area contributed by atoms with Crippen molar-refractivity contribution >= 4 is 23.2 Å². The van der Waals surface area contributed by atoms with Crippen molar-refractivity contribution in [2.45, 2.75) is 25.9 Å². The molecule has 2 aromatic rings. The molecule has 1 atom stereocenters. The predicted octanol–water partition coefficient (Wildman–Crippen LogP) is 5.20. The molecule has 19 heavy (non-hydrogen) atoms. The molecule has 2 aromatic carbocycles. The number of aliphatic hydroxyl groups excluding tert-OH is 1. The largest absolute Gasteiger partial charge is 0.384 e. The first-order valence-corrected chi connectivity index (χ1v) is 6.97. The Morgan fingerprint density at radius 2 is 1.47 bits per heavy atom. The van der Waals surface area contributed by atoms with Gasteiger partial charge in [-0.2, -0.15) is 0 Å². The summed E-state index contributed by atoms with van der Waals surface area (Å²) in [5.41, 5.74) is 2.75. The minimum atomic E-state index is -0.731. The van der Waals surface area contributed by atoms with Gasteiger partial charge in [-0.25, -0.2) is 0 Å². The Hall–Kier alpha value is -1.02. The van der Waals surface area contributed by atoms with Crippen molar-refractivity contribution in [2.75, 3.05) is 0 Å². The van der Waals surface area contributed by atoms with Crippen molar-refractivity contribution in [3.05, 3.63) is 69.2 Å². The quantitative estimate of drug-likeness (QED) is 0.825. The van der Waals surface area contributed by atoms with E-state index in [1.807, 2.05) is 24.3 Å². The Morgan fingerprint density at radius 3 is 2.00 bits per heavy atom. The SMILES string of the molecule is CC(C)c1ccc([C@@H](O)c2ccc(Cl)cc2Cl)cc1. The molecule has 0 aromatic heterocycles. The van der Waals surface area contributed by atoms with Gasteiger partial charge in [0.25, 0.3) is 0 Å². The average molecular weight is 295 g/mol. The van der Waals surface area contributed by atoms with Crippen LogP contribution in [0.4, 0.5) is 0 Å². The highest BCUT2D eigenvalue weighted by Gasteiger charge is 2.14. The molecule has 1 N–H and O–H groups in total. The number of rotatable bonds is 3. The van der Waals surface area contributed by atoms with Crippen molar-refractivity contribution in [3.8, 4) is 0 Å². The fraction of sp³-hybridized carbons (Fsp3) is 0.250. The summed E-state index contributed by atoms with van der Waals surface area (Å²) in [7, 11) is 0. The molecule has 0 aliphatic carbocycles. The molecule has 100 valence electrons. The first kappa shape index (κ1) is 14.4. The molecule has 3 heteroatoms. The Labute approximate surface area is 123 Å². The van der Waals surface area contributed by atoms with Crippen molar-refractivity contribution < 1.29 is 5.11 Å². The lowest BCUT2D eigenvalue weighted by atomic mass is 9.97.